The molecule has 0 bridgehead atoms. The summed E-state index contributed by atoms with van der Waals surface area (Å²) in [6, 6.07) is 16.5. The molecule has 2 amide bonds. The molecule has 1 fully saturated rings. The van der Waals surface area contributed by atoms with Crippen LogP contribution in [0.2, 0.25) is 0 Å². The number of anilines is 2. The van der Waals surface area contributed by atoms with Crippen molar-refractivity contribution in [3.8, 4) is 0 Å². The quantitative estimate of drug-likeness (QED) is 0.538. The summed E-state index contributed by atoms with van der Waals surface area (Å²) in [4.78, 5) is 27.6. The molecule has 172 valence electrons. The van der Waals surface area contributed by atoms with E-state index in [0.717, 1.165) is 48.1 Å². The van der Waals surface area contributed by atoms with Gasteiger partial charge >= 0.3 is 6.03 Å². The number of nitrogens with one attached hydrogen (secondary N) is 1. The Kier molecular flexibility index (Phi) is 7.18. The molecule has 33 heavy (non-hydrogen) atoms. The van der Waals surface area contributed by atoms with Crippen LogP contribution in [0.1, 0.15) is 28.2 Å². The lowest BCUT2D eigenvalue weighted by atomic mass is 10.0. The number of rotatable bonds is 5. The number of carbonyl (C=O) groups excluding carboxylic acids is 1. The number of urea groups is 1. The number of piperazine rings is 1. The van der Waals surface area contributed by atoms with Gasteiger partial charge in [0.05, 0.1) is 0 Å². The Labute approximate surface area is 200 Å². The lowest BCUT2D eigenvalue weighted by Crippen LogP contribution is -2.50. The number of carbonyl (C=O) groups is 1. The van der Waals surface area contributed by atoms with Crippen molar-refractivity contribution in [3.63, 3.8) is 0 Å². The van der Waals surface area contributed by atoms with Gasteiger partial charge in [0.15, 0.2) is 0 Å². The van der Waals surface area contributed by atoms with E-state index >= 15 is 0 Å². The monoisotopic (exact) mass is 461 g/mol. The molecule has 0 aliphatic carbocycles. The first kappa shape index (κ1) is 23.1. The summed E-state index contributed by atoms with van der Waals surface area (Å²) in [5.74, 6) is 1.78. The maximum Gasteiger partial charge on any atom is 0.321 e. The molecule has 1 N–H and O–H groups in total. The second-order valence-corrected chi connectivity index (χ2v) is 9.33. The fourth-order valence-corrected chi connectivity index (χ4v) is 4.50. The van der Waals surface area contributed by atoms with Gasteiger partial charge in [0.25, 0.3) is 0 Å². The van der Waals surface area contributed by atoms with Crippen molar-refractivity contribution in [3.05, 3.63) is 76.7 Å². The van der Waals surface area contributed by atoms with Crippen LogP contribution in [-0.4, -0.2) is 53.3 Å². The van der Waals surface area contributed by atoms with E-state index in [-0.39, 0.29) is 6.03 Å². The highest BCUT2D eigenvalue weighted by Crippen LogP contribution is 2.25. The molecule has 1 aliphatic heterocycles. The molecule has 0 saturated carbocycles. The van der Waals surface area contributed by atoms with Gasteiger partial charge in [-0.05, 0) is 56.9 Å². The summed E-state index contributed by atoms with van der Waals surface area (Å²) < 4.78 is 0. The molecule has 7 heteroatoms. The number of nitrogens with zero attached hydrogens (tertiary/aromatic N) is 4. The summed E-state index contributed by atoms with van der Waals surface area (Å²) in [6.45, 7) is 8.91. The first-order chi connectivity index (χ1) is 15.9. The van der Waals surface area contributed by atoms with E-state index in [1.165, 1.54) is 16.0 Å². The van der Waals surface area contributed by atoms with E-state index in [1.54, 1.807) is 11.8 Å². The minimum atomic E-state index is -0.0542. The van der Waals surface area contributed by atoms with Crippen molar-refractivity contribution >= 4 is 29.3 Å². The van der Waals surface area contributed by atoms with Gasteiger partial charge in [-0.1, -0.05) is 29.8 Å². The first-order valence-electron chi connectivity index (χ1n) is 11.3. The van der Waals surface area contributed by atoms with E-state index < -0.39 is 0 Å². The average molecular weight is 462 g/mol. The Balaban J connectivity index is 1.44. The Morgan fingerprint density at radius 3 is 2.24 bits per heavy atom. The van der Waals surface area contributed by atoms with Crippen LogP contribution in [0.3, 0.4) is 0 Å². The molecular formula is C26H31N5OS. The van der Waals surface area contributed by atoms with Gasteiger partial charge in [-0.2, -0.15) is 0 Å². The summed E-state index contributed by atoms with van der Waals surface area (Å²) in [7, 11) is 0. The number of aryl methyl sites for hydroxylation is 3. The Morgan fingerprint density at radius 2 is 1.61 bits per heavy atom. The van der Waals surface area contributed by atoms with Gasteiger partial charge in [-0.15, -0.1) is 11.8 Å². The van der Waals surface area contributed by atoms with E-state index in [9.17, 15) is 4.79 Å². The summed E-state index contributed by atoms with van der Waals surface area (Å²) in [5.41, 5.74) is 5.51. The van der Waals surface area contributed by atoms with Crippen LogP contribution in [0.5, 0.6) is 0 Å². The summed E-state index contributed by atoms with van der Waals surface area (Å²) in [6.07, 6.45) is 2.84. The van der Waals surface area contributed by atoms with Crippen LogP contribution in [0.4, 0.5) is 16.3 Å². The third-order valence-corrected chi connectivity index (χ3v) is 6.76. The molecule has 6 nitrogen and oxygen atoms in total. The van der Waals surface area contributed by atoms with Crippen LogP contribution in [-0.2, 0) is 6.42 Å². The number of hydrogen-bond donors (Lipinski definition) is 1. The zero-order valence-corrected chi connectivity index (χ0v) is 20.6. The molecule has 0 spiro atoms. The molecule has 3 aromatic rings. The molecule has 0 radical (unpaired) electrons. The van der Waals surface area contributed by atoms with E-state index in [1.807, 2.05) is 42.3 Å². The van der Waals surface area contributed by atoms with Gasteiger partial charge in [-0.25, -0.2) is 14.8 Å². The third kappa shape index (κ3) is 5.66. The highest BCUT2D eigenvalue weighted by Gasteiger charge is 2.25. The molecule has 0 atom stereocenters. The van der Waals surface area contributed by atoms with Crippen LogP contribution in [0, 0.1) is 20.8 Å². The predicted octanol–water partition coefficient (Wildman–Crippen LogP) is 5.07. The minimum Gasteiger partial charge on any atom is -0.353 e. The largest absolute Gasteiger partial charge is 0.353 e. The van der Waals surface area contributed by atoms with Crippen molar-refractivity contribution in [2.75, 3.05) is 42.7 Å². The first-order valence-corrected chi connectivity index (χ1v) is 12.5. The van der Waals surface area contributed by atoms with Crippen LogP contribution in [0.25, 0.3) is 0 Å². The smallest absolute Gasteiger partial charge is 0.321 e. The molecule has 1 aliphatic rings. The third-order valence-electron chi connectivity index (χ3n) is 6.01. The molecule has 2 aromatic carbocycles. The Morgan fingerprint density at radius 1 is 0.939 bits per heavy atom. The molecule has 1 saturated heterocycles. The topological polar surface area (TPSA) is 61.4 Å². The number of thioether (sulfide) groups is 1. The standard InChI is InChI=1S/C26H31N5OS/c1-18-5-7-21(8-6-18)17-24-19(2)27-20(3)28-25(24)30-13-15-31(16-14-30)26(32)29-22-9-11-23(33-4)12-10-22/h5-12H,13-17H2,1-4H3,(H,29,32). The molecule has 2 heterocycles. The van der Waals surface area contributed by atoms with E-state index in [0.29, 0.717) is 13.1 Å². The second-order valence-electron chi connectivity index (χ2n) is 8.45. The van der Waals surface area contributed by atoms with Crippen molar-refractivity contribution < 1.29 is 4.79 Å². The number of aromatic nitrogens is 2. The molecule has 0 unspecified atom stereocenters. The Hall–Kier alpha value is -3.06. The zero-order chi connectivity index (χ0) is 23.4. The van der Waals surface area contributed by atoms with E-state index in [4.69, 9.17) is 4.98 Å². The van der Waals surface area contributed by atoms with Gasteiger partial charge in [-0.3, -0.25) is 0 Å². The predicted molar refractivity (Wildman–Crippen MR) is 137 cm³/mol. The van der Waals surface area contributed by atoms with Gasteiger partial charge in [0, 0.05) is 54.4 Å². The molecule has 4 rings (SSSR count). The number of benzene rings is 2. The average Bonchev–Trinajstić information content (AvgIpc) is 2.82. The van der Waals surface area contributed by atoms with Gasteiger partial charge in [0.2, 0.25) is 0 Å². The van der Waals surface area contributed by atoms with Crippen molar-refractivity contribution in [1.82, 2.24) is 14.9 Å². The summed E-state index contributed by atoms with van der Waals surface area (Å²) in [5, 5.41) is 3.02. The maximum absolute atomic E-state index is 12.8. The minimum absolute atomic E-state index is 0.0542. The van der Waals surface area contributed by atoms with Crippen molar-refractivity contribution in [2.24, 2.45) is 0 Å². The molecule has 1 aromatic heterocycles. The summed E-state index contributed by atoms with van der Waals surface area (Å²) >= 11 is 1.69. The lowest BCUT2D eigenvalue weighted by Gasteiger charge is -2.36. The number of amides is 2. The van der Waals surface area contributed by atoms with Crippen LogP contribution < -0.4 is 10.2 Å². The van der Waals surface area contributed by atoms with Crippen LogP contribution in [0.15, 0.2) is 53.4 Å². The fraction of sp³-hybridized carbons (Fsp3) is 0.346. The number of hydrogen-bond acceptors (Lipinski definition) is 5. The van der Waals surface area contributed by atoms with Crippen molar-refractivity contribution in [1.29, 1.82) is 0 Å². The second kappa shape index (κ2) is 10.3. The lowest BCUT2D eigenvalue weighted by molar-refractivity contribution is 0.208. The van der Waals surface area contributed by atoms with E-state index in [2.05, 4.69) is 53.3 Å². The highest BCUT2D eigenvalue weighted by molar-refractivity contribution is 7.98. The van der Waals surface area contributed by atoms with Crippen molar-refractivity contribution in [2.45, 2.75) is 32.1 Å². The normalized spacial score (nSPS) is 13.8. The highest BCUT2D eigenvalue weighted by atomic mass is 32.2. The SMILES string of the molecule is CSc1ccc(NC(=O)N2CCN(c3nc(C)nc(C)c3Cc3ccc(C)cc3)CC2)cc1. The van der Waals surface area contributed by atoms with Gasteiger partial charge in [0.1, 0.15) is 11.6 Å². The van der Waals surface area contributed by atoms with Crippen LogP contribution >= 0.6 is 11.8 Å². The van der Waals surface area contributed by atoms with Gasteiger partial charge < -0.3 is 15.1 Å². The zero-order valence-electron chi connectivity index (χ0n) is 19.8. The molecular weight excluding hydrogens is 430 g/mol. The Bertz CT molecular complexity index is 1110. The maximum atomic E-state index is 12.8. The fourth-order valence-electron chi connectivity index (χ4n) is 4.09.